The number of ether oxygens (including phenoxy) is 1. The zero-order chi connectivity index (χ0) is 13.0. The van der Waals surface area contributed by atoms with Crippen LogP contribution in [0.15, 0.2) is 42.5 Å². The van der Waals surface area contributed by atoms with Gasteiger partial charge in [0, 0.05) is 6.54 Å². The van der Waals surface area contributed by atoms with Crippen LogP contribution in [0.25, 0.3) is 11.1 Å². The number of aryl methyl sites for hydroxylation is 1. The summed E-state index contributed by atoms with van der Waals surface area (Å²) in [6, 6.07) is 14.9. The SMILES string of the molecule is CNCc1ccc(-c2ccc(OC)c(C)c2)cc1. The maximum Gasteiger partial charge on any atom is 0.121 e. The number of methoxy groups -OCH3 is 1. The van der Waals surface area contributed by atoms with Crippen molar-refractivity contribution in [2.75, 3.05) is 14.2 Å². The zero-order valence-electron chi connectivity index (χ0n) is 11.2. The van der Waals surface area contributed by atoms with Gasteiger partial charge in [-0.15, -0.1) is 0 Å². The molecule has 0 fully saturated rings. The normalized spacial score (nSPS) is 10.4. The summed E-state index contributed by atoms with van der Waals surface area (Å²) in [4.78, 5) is 0. The molecule has 0 radical (unpaired) electrons. The molecule has 0 aliphatic rings. The van der Waals surface area contributed by atoms with E-state index in [0.717, 1.165) is 17.9 Å². The average Bonchev–Trinajstić information content (AvgIpc) is 2.40. The lowest BCUT2D eigenvalue weighted by Gasteiger charge is -2.08. The number of hydrogen-bond donors (Lipinski definition) is 1. The van der Waals surface area contributed by atoms with Gasteiger partial charge in [0.1, 0.15) is 5.75 Å². The van der Waals surface area contributed by atoms with E-state index in [1.54, 1.807) is 7.11 Å². The molecule has 2 aromatic rings. The van der Waals surface area contributed by atoms with Crippen molar-refractivity contribution in [1.82, 2.24) is 5.32 Å². The van der Waals surface area contributed by atoms with Gasteiger partial charge in [0.05, 0.1) is 7.11 Å². The molecule has 18 heavy (non-hydrogen) atoms. The summed E-state index contributed by atoms with van der Waals surface area (Å²) < 4.78 is 5.28. The quantitative estimate of drug-likeness (QED) is 0.886. The van der Waals surface area contributed by atoms with Gasteiger partial charge in [-0.25, -0.2) is 0 Å². The molecular weight excluding hydrogens is 222 g/mol. The first-order chi connectivity index (χ1) is 8.74. The van der Waals surface area contributed by atoms with Crippen LogP contribution < -0.4 is 10.1 Å². The Labute approximate surface area is 109 Å². The van der Waals surface area contributed by atoms with Gasteiger partial charge in [0.25, 0.3) is 0 Å². The van der Waals surface area contributed by atoms with Crippen molar-refractivity contribution in [2.24, 2.45) is 0 Å². The van der Waals surface area contributed by atoms with Crippen molar-refractivity contribution in [3.05, 3.63) is 53.6 Å². The van der Waals surface area contributed by atoms with E-state index >= 15 is 0 Å². The molecule has 2 aromatic carbocycles. The molecule has 1 N–H and O–H groups in total. The Balaban J connectivity index is 2.28. The van der Waals surface area contributed by atoms with Crippen LogP contribution in [0.3, 0.4) is 0 Å². The minimum atomic E-state index is 0.905. The number of hydrogen-bond acceptors (Lipinski definition) is 2. The summed E-state index contributed by atoms with van der Waals surface area (Å²) >= 11 is 0. The summed E-state index contributed by atoms with van der Waals surface area (Å²) in [6.45, 7) is 2.97. The molecule has 0 aliphatic heterocycles. The number of rotatable bonds is 4. The van der Waals surface area contributed by atoms with Gasteiger partial charge in [0.2, 0.25) is 0 Å². The van der Waals surface area contributed by atoms with E-state index in [9.17, 15) is 0 Å². The van der Waals surface area contributed by atoms with Crippen LogP contribution in [0.2, 0.25) is 0 Å². The molecule has 0 atom stereocenters. The first kappa shape index (κ1) is 12.7. The molecule has 0 heterocycles. The van der Waals surface area contributed by atoms with Crippen molar-refractivity contribution < 1.29 is 4.74 Å². The standard InChI is InChI=1S/C16H19NO/c1-12-10-15(8-9-16(12)18-3)14-6-4-13(5-7-14)11-17-2/h4-10,17H,11H2,1-3H3. The van der Waals surface area contributed by atoms with E-state index < -0.39 is 0 Å². The van der Waals surface area contributed by atoms with Gasteiger partial charge in [-0.05, 0) is 48.4 Å². The van der Waals surface area contributed by atoms with Gasteiger partial charge in [-0.3, -0.25) is 0 Å². The summed E-state index contributed by atoms with van der Waals surface area (Å²) in [5, 5.41) is 3.15. The fourth-order valence-electron chi connectivity index (χ4n) is 2.08. The second-order valence-corrected chi connectivity index (χ2v) is 4.41. The van der Waals surface area contributed by atoms with Crippen LogP contribution in [0.1, 0.15) is 11.1 Å². The summed E-state index contributed by atoms with van der Waals surface area (Å²) in [6.07, 6.45) is 0. The van der Waals surface area contributed by atoms with Crippen molar-refractivity contribution in [1.29, 1.82) is 0 Å². The van der Waals surface area contributed by atoms with Gasteiger partial charge in [-0.2, -0.15) is 0 Å². The third-order valence-corrected chi connectivity index (χ3v) is 3.06. The average molecular weight is 241 g/mol. The molecule has 94 valence electrons. The third-order valence-electron chi connectivity index (χ3n) is 3.06. The highest BCUT2D eigenvalue weighted by Crippen LogP contribution is 2.26. The van der Waals surface area contributed by atoms with E-state index in [2.05, 4.69) is 48.6 Å². The predicted octanol–water partition coefficient (Wildman–Crippen LogP) is 3.39. The Morgan fingerprint density at radius 2 is 1.67 bits per heavy atom. The first-order valence-electron chi connectivity index (χ1n) is 6.13. The minimum Gasteiger partial charge on any atom is -0.496 e. The number of benzene rings is 2. The van der Waals surface area contributed by atoms with Crippen molar-refractivity contribution in [3.63, 3.8) is 0 Å². The van der Waals surface area contributed by atoms with Gasteiger partial charge in [0.15, 0.2) is 0 Å². The van der Waals surface area contributed by atoms with Crippen molar-refractivity contribution in [3.8, 4) is 16.9 Å². The smallest absolute Gasteiger partial charge is 0.121 e. The second kappa shape index (κ2) is 5.69. The fraction of sp³-hybridized carbons (Fsp3) is 0.250. The maximum atomic E-state index is 5.28. The molecule has 0 saturated heterocycles. The molecule has 0 aromatic heterocycles. The topological polar surface area (TPSA) is 21.3 Å². The molecular formula is C16H19NO. The van der Waals surface area contributed by atoms with E-state index in [0.29, 0.717) is 0 Å². The van der Waals surface area contributed by atoms with E-state index in [1.165, 1.54) is 16.7 Å². The highest BCUT2D eigenvalue weighted by atomic mass is 16.5. The molecule has 0 unspecified atom stereocenters. The Kier molecular flexibility index (Phi) is 4.00. The first-order valence-corrected chi connectivity index (χ1v) is 6.13. The minimum absolute atomic E-state index is 0.905. The Morgan fingerprint density at radius 3 is 2.22 bits per heavy atom. The van der Waals surface area contributed by atoms with E-state index in [1.807, 2.05) is 13.1 Å². The van der Waals surface area contributed by atoms with Gasteiger partial charge in [-0.1, -0.05) is 30.3 Å². The number of nitrogens with one attached hydrogen (secondary N) is 1. The summed E-state index contributed by atoms with van der Waals surface area (Å²) in [5.41, 5.74) is 4.92. The molecule has 0 saturated carbocycles. The Bertz CT molecular complexity index is 517. The Hall–Kier alpha value is -1.80. The van der Waals surface area contributed by atoms with Crippen LogP contribution in [-0.2, 0) is 6.54 Å². The van der Waals surface area contributed by atoms with Crippen LogP contribution in [-0.4, -0.2) is 14.2 Å². The molecule has 2 heteroatoms. The highest BCUT2D eigenvalue weighted by Gasteiger charge is 2.02. The van der Waals surface area contributed by atoms with Crippen LogP contribution >= 0.6 is 0 Å². The van der Waals surface area contributed by atoms with E-state index in [4.69, 9.17) is 4.74 Å². The highest BCUT2D eigenvalue weighted by molar-refractivity contribution is 5.65. The molecule has 0 amide bonds. The summed E-state index contributed by atoms with van der Waals surface area (Å²) in [5.74, 6) is 0.936. The Morgan fingerprint density at radius 1 is 1.00 bits per heavy atom. The third kappa shape index (κ3) is 2.71. The van der Waals surface area contributed by atoms with Gasteiger partial charge < -0.3 is 10.1 Å². The monoisotopic (exact) mass is 241 g/mol. The summed E-state index contributed by atoms with van der Waals surface area (Å²) in [7, 11) is 3.66. The largest absolute Gasteiger partial charge is 0.496 e. The van der Waals surface area contributed by atoms with Crippen LogP contribution in [0.5, 0.6) is 5.75 Å². The fourth-order valence-corrected chi connectivity index (χ4v) is 2.08. The van der Waals surface area contributed by atoms with Crippen LogP contribution in [0, 0.1) is 6.92 Å². The predicted molar refractivity (Wildman–Crippen MR) is 75.9 cm³/mol. The molecule has 2 nitrogen and oxygen atoms in total. The lowest BCUT2D eigenvalue weighted by Crippen LogP contribution is -2.04. The maximum absolute atomic E-state index is 5.28. The molecule has 0 aliphatic carbocycles. The van der Waals surface area contributed by atoms with Crippen LogP contribution in [0.4, 0.5) is 0 Å². The lowest BCUT2D eigenvalue weighted by atomic mass is 10.0. The molecule has 0 spiro atoms. The van der Waals surface area contributed by atoms with E-state index in [-0.39, 0.29) is 0 Å². The van der Waals surface area contributed by atoms with Crippen molar-refractivity contribution in [2.45, 2.75) is 13.5 Å². The second-order valence-electron chi connectivity index (χ2n) is 4.41. The van der Waals surface area contributed by atoms with Gasteiger partial charge >= 0.3 is 0 Å². The molecule has 0 bridgehead atoms. The molecule has 2 rings (SSSR count). The lowest BCUT2D eigenvalue weighted by molar-refractivity contribution is 0.412. The van der Waals surface area contributed by atoms with Crippen molar-refractivity contribution >= 4 is 0 Å². The zero-order valence-corrected chi connectivity index (χ0v) is 11.2.